The van der Waals surface area contributed by atoms with Gasteiger partial charge < -0.3 is 14.6 Å². The number of thioether (sulfide) groups is 1. The average molecular weight is 278 g/mol. The largest absolute Gasteiger partial charge is 0.462 e. The SMILES string of the molecule is CCOC(=O)c1c2n(c3cnc(SC)nc13)CCN2. The van der Waals surface area contributed by atoms with Crippen molar-refractivity contribution in [3.8, 4) is 0 Å². The summed E-state index contributed by atoms with van der Waals surface area (Å²) in [7, 11) is 0. The highest BCUT2D eigenvalue weighted by Gasteiger charge is 2.27. The van der Waals surface area contributed by atoms with Crippen molar-refractivity contribution in [1.82, 2.24) is 14.5 Å². The van der Waals surface area contributed by atoms with E-state index in [0.717, 1.165) is 24.4 Å². The maximum atomic E-state index is 12.1. The number of hydrogen-bond donors (Lipinski definition) is 1. The Labute approximate surface area is 114 Å². The van der Waals surface area contributed by atoms with E-state index in [1.54, 1.807) is 13.1 Å². The highest BCUT2D eigenvalue weighted by Crippen LogP contribution is 2.32. The molecule has 3 rings (SSSR count). The summed E-state index contributed by atoms with van der Waals surface area (Å²) >= 11 is 1.45. The first-order chi connectivity index (χ1) is 9.26. The zero-order valence-electron chi connectivity index (χ0n) is 10.8. The second kappa shape index (κ2) is 4.73. The van der Waals surface area contributed by atoms with E-state index in [-0.39, 0.29) is 5.97 Å². The molecule has 3 heterocycles. The smallest absolute Gasteiger partial charge is 0.344 e. The van der Waals surface area contributed by atoms with Crippen LogP contribution in [0.25, 0.3) is 11.0 Å². The summed E-state index contributed by atoms with van der Waals surface area (Å²) in [4.78, 5) is 20.9. The molecular weight excluding hydrogens is 264 g/mol. The molecule has 0 unspecified atom stereocenters. The third kappa shape index (κ3) is 1.85. The van der Waals surface area contributed by atoms with Gasteiger partial charge in [0.2, 0.25) is 0 Å². The highest BCUT2D eigenvalue weighted by atomic mass is 32.2. The number of rotatable bonds is 3. The van der Waals surface area contributed by atoms with Crippen molar-refractivity contribution in [2.75, 3.05) is 24.7 Å². The van der Waals surface area contributed by atoms with Crippen molar-refractivity contribution in [2.24, 2.45) is 0 Å². The van der Waals surface area contributed by atoms with Gasteiger partial charge in [-0.05, 0) is 13.2 Å². The maximum absolute atomic E-state index is 12.1. The summed E-state index contributed by atoms with van der Waals surface area (Å²) in [5.74, 6) is 0.461. The van der Waals surface area contributed by atoms with Gasteiger partial charge in [0.25, 0.3) is 0 Å². The minimum Gasteiger partial charge on any atom is -0.462 e. The number of fused-ring (bicyclic) bond motifs is 3. The second-order valence-corrected chi connectivity index (χ2v) is 4.89. The minimum absolute atomic E-state index is 0.332. The average Bonchev–Trinajstić information content (AvgIpc) is 2.97. The van der Waals surface area contributed by atoms with Crippen molar-refractivity contribution in [1.29, 1.82) is 0 Å². The molecule has 1 N–H and O–H groups in total. The summed E-state index contributed by atoms with van der Waals surface area (Å²) in [6.07, 6.45) is 3.68. The Kier molecular flexibility index (Phi) is 3.06. The Morgan fingerprint density at radius 1 is 1.63 bits per heavy atom. The number of carbonyl (C=O) groups excluding carboxylic acids is 1. The van der Waals surface area contributed by atoms with E-state index < -0.39 is 0 Å². The van der Waals surface area contributed by atoms with E-state index in [0.29, 0.717) is 22.8 Å². The van der Waals surface area contributed by atoms with Crippen LogP contribution in [0.3, 0.4) is 0 Å². The zero-order valence-corrected chi connectivity index (χ0v) is 11.6. The van der Waals surface area contributed by atoms with E-state index in [2.05, 4.69) is 15.3 Å². The van der Waals surface area contributed by atoms with Crippen LogP contribution in [-0.4, -0.2) is 39.9 Å². The van der Waals surface area contributed by atoms with Crippen LogP contribution in [0, 0.1) is 0 Å². The van der Waals surface area contributed by atoms with Gasteiger partial charge in [-0.2, -0.15) is 0 Å². The van der Waals surface area contributed by atoms with Crippen LogP contribution in [0.1, 0.15) is 17.3 Å². The number of aromatic nitrogens is 3. The number of nitrogens with zero attached hydrogens (tertiary/aromatic N) is 3. The van der Waals surface area contributed by atoms with Gasteiger partial charge in [-0.25, -0.2) is 14.8 Å². The molecule has 0 radical (unpaired) electrons. The maximum Gasteiger partial charge on any atom is 0.344 e. The molecule has 0 saturated heterocycles. The normalized spacial score (nSPS) is 13.4. The fraction of sp³-hybridized carbons (Fsp3) is 0.417. The predicted octanol–water partition coefficient (Wildman–Crippen LogP) is 1.76. The molecule has 7 heteroatoms. The molecule has 1 aliphatic heterocycles. The predicted molar refractivity (Wildman–Crippen MR) is 73.8 cm³/mol. The van der Waals surface area contributed by atoms with Gasteiger partial charge in [0.15, 0.2) is 5.16 Å². The third-order valence-corrected chi connectivity index (χ3v) is 3.63. The van der Waals surface area contributed by atoms with E-state index in [9.17, 15) is 4.79 Å². The lowest BCUT2D eigenvalue weighted by atomic mass is 10.2. The molecule has 19 heavy (non-hydrogen) atoms. The van der Waals surface area contributed by atoms with Gasteiger partial charge in [-0.1, -0.05) is 11.8 Å². The van der Waals surface area contributed by atoms with E-state index in [4.69, 9.17) is 4.74 Å². The molecule has 0 spiro atoms. The molecule has 0 aliphatic carbocycles. The van der Waals surface area contributed by atoms with E-state index in [1.807, 2.05) is 10.8 Å². The van der Waals surface area contributed by atoms with Crippen molar-refractivity contribution in [2.45, 2.75) is 18.6 Å². The van der Waals surface area contributed by atoms with Crippen molar-refractivity contribution >= 4 is 34.6 Å². The first-order valence-electron chi connectivity index (χ1n) is 6.10. The van der Waals surface area contributed by atoms with Gasteiger partial charge in [0.1, 0.15) is 16.9 Å². The first-order valence-corrected chi connectivity index (χ1v) is 7.33. The zero-order chi connectivity index (χ0) is 13.4. The summed E-state index contributed by atoms with van der Waals surface area (Å²) in [5.41, 5.74) is 2.06. The third-order valence-electron chi connectivity index (χ3n) is 3.07. The fourth-order valence-corrected chi connectivity index (χ4v) is 2.65. The molecule has 2 aromatic rings. The number of carbonyl (C=O) groups is 1. The van der Waals surface area contributed by atoms with Gasteiger partial charge in [-0.15, -0.1) is 0 Å². The van der Waals surface area contributed by atoms with Crippen LogP contribution in [0.2, 0.25) is 0 Å². The molecule has 0 fully saturated rings. The second-order valence-electron chi connectivity index (χ2n) is 4.11. The van der Waals surface area contributed by atoms with Gasteiger partial charge in [0, 0.05) is 13.1 Å². The Morgan fingerprint density at radius 2 is 2.47 bits per heavy atom. The lowest BCUT2D eigenvalue weighted by molar-refractivity contribution is 0.0529. The van der Waals surface area contributed by atoms with Crippen molar-refractivity contribution < 1.29 is 9.53 Å². The molecule has 0 bridgehead atoms. The Balaban J connectivity index is 2.25. The van der Waals surface area contributed by atoms with Crippen molar-refractivity contribution in [3.05, 3.63) is 11.8 Å². The molecule has 6 nitrogen and oxygen atoms in total. The molecule has 1 aliphatic rings. The minimum atomic E-state index is -0.332. The Morgan fingerprint density at radius 3 is 3.21 bits per heavy atom. The molecule has 0 aromatic carbocycles. The molecule has 100 valence electrons. The van der Waals surface area contributed by atoms with Crippen LogP contribution in [-0.2, 0) is 11.3 Å². The van der Waals surface area contributed by atoms with Gasteiger partial charge >= 0.3 is 5.97 Å². The Bertz CT molecular complexity index is 653. The molecule has 2 aromatic heterocycles. The van der Waals surface area contributed by atoms with Crippen LogP contribution >= 0.6 is 11.8 Å². The van der Waals surface area contributed by atoms with E-state index >= 15 is 0 Å². The van der Waals surface area contributed by atoms with Gasteiger partial charge in [-0.3, -0.25) is 0 Å². The summed E-state index contributed by atoms with van der Waals surface area (Å²) in [6.45, 7) is 3.77. The van der Waals surface area contributed by atoms with Crippen LogP contribution in [0.4, 0.5) is 5.82 Å². The topological polar surface area (TPSA) is 69.0 Å². The lowest BCUT2D eigenvalue weighted by Crippen LogP contribution is -2.07. The number of anilines is 1. The number of hydrogen-bond acceptors (Lipinski definition) is 6. The first kappa shape index (κ1) is 12.3. The molecule has 0 amide bonds. The molecular formula is C12H14N4O2S. The summed E-state index contributed by atoms with van der Waals surface area (Å²) < 4.78 is 7.17. The summed E-state index contributed by atoms with van der Waals surface area (Å²) in [6, 6.07) is 0. The quantitative estimate of drug-likeness (QED) is 0.524. The van der Waals surface area contributed by atoms with Crippen LogP contribution in [0.15, 0.2) is 11.4 Å². The van der Waals surface area contributed by atoms with Crippen LogP contribution < -0.4 is 5.32 Å². The Hall–Kier alpha value is -1.76. The standard InChI is InChI=1S/C12H14N4O2S/c1-3-18-11(17)8-9-7(6-14-12(15-9)19-2)16-5-4-13-10(8)16/h6,13H,3-5H2,1-2H3. The number of esters is 1. The van der Waals surface area contributed by atoms with Crippen LogP contribution in [0.5, 0.6) is 0 Å². The highest BCUT2D eigenvalue weighted by molar-refractivity contribution is 7.98. The van der Waals surface area contributed by atoms with Crippen molar-refractivity contribution in [3.63, 3.8) is 0 Å². The lowest BCUT2D eigenvalue weighted by Gasteiger charge is -2.03. The number of ether oxygens (including phenoxy) is 1. The monoisotopic (exact) mass is 278 g/mol. The molecule has 0 saturated carbocycles. The fourth-order valence-electron chi connectivity index (χ4n) is 2.31. The molecule has 0 atom stereocenters. The van der Waals surface area contributed by atoms with Gasteiger partial charge in [0.05, 0.1) is 18.3 Å². The number of nitrogens with one attached hydrogen (secondary N) is 1. The van der Waals surface area contributed by atoms with E-state index in [1.165, 1.54) is 11.8 Å². The summed E-state index contributed by atoms with van der Waals surface area (Å²) in [5, 5.41) is 3.88.